The smallest absolute Gasteiger partial charge is 0.270 e. The number of hydrogen-bond acceptors (Lipinski definition) is 6. The molecule has 0 saturated heterocycles. The number of non-ortho nitro benzene ring substituents is 1. The molecule has 0 spiro atoms. The van der Waals surface area contributed by atoms with Gasteiger partial charge in [0, 0.05) is 18.7 Å². The van der Waals surface area contributed by atoms with E-state index in [-0.39, 0.29) is 17.0 Å². The zero-order chi connectivity index (χ0) is 20.5. The van der Waals surface area contributed by atoms with Gasteiger partial charge >= 0.3 is 0 Å². The summed E-state index contributed by atoms with van der Waals surface area (Å²) >= 11 is 0. The summed E-state index contributed by atoms with van der Waals surface area (Å²) in [6.07, 6.45) is 0.565. The van der Waals surface area contributed by atoms with E-state index in [1.165, 1.54) is 25.3 Å². The molecule has 8 nitrogen and oxygen atoms in total. The van der Waals surface area contributed by atoms with E-state index in [0.717, 1.165) is 5.56 Å². The Kier molecular flexibility index (Phi) is 7.62. The third kappa shape index (κ3) is 5.35. The van der Waals surface area contributed by atoms with Crippen LogP contribution in [-0.2, 0) is 6.42 Å². The zero-order valence-electron chi connectivity index (χ0n) is 16.2. The van der Waals surface area contributed by atoms with Gasteiger partial charge < -0.3 is 19.5 Å². The van der Waals surface area contributed by atoms with Gasteiger partial charge in [-0.3, -0.25) is 14.9 Å². The van der Waals surface area contributed by atoms with Crippen LogP contribution in [0.5, 0.6) is 17.2 Å². The maximum absolute atomic E-state index is 12.4. The molecular weight excluding hydrogens is 364 g/mol. The molecule has 8 heteroatoms. The Labute approximate surface area is 163 Å². The fourth-order valence-electron chi connectivity index (χ4n) is 2.65. The number of amides is 1. The van der Waals surface area contributed by atoms with Crippen LogP contribution in [0.25, 0.3) is 0 Å². The minimum absolute atomic E-state index is 0.124. The van der Waals surface area contributed by atoms with E-state index >= 15 is 0 Å². The van der Waals surface area contributed by atoms with Gasteiger partial charge in [0.2, 0.25) is 0 Å². The Hall–Kier alpha value is -3.29. The molecule has 0 unspecified atom stereocenters. The minimum Gasteiger partial charge on any atom is -0.496 e. The maximum atomic E-state index is 12.4. The summed E-state index contributed by atoms with van der Waals surface area (Å²) in [7, 11) is 1.41. The number of nitro groups is 1. The van der Waals surface area contributed by atoms with Crippen molar-refractivity contribution in [3.05, 3.63) is 57.6 Å². The Balaban J connectivity index is 2.05. The second-order valence-electron chi connectivity index (χ2n) is 5.79. The van der Waals surface area contributed by atoms with Crippen molar-refractivity contribution in [1.82, 2.24) is 5.32 Å². The van der Waals surface area contributed by atoms with Gasteiger partial charge in [-0.1, -0.05) is 6.07 Å². The van der Waals surface area contributed by atoms with Crippen molar-refractivity contribution >= 4 is 11.6 Å². The van der Waals surface area contributed by atoms with Gasteiger partial charge in [-0.2, -0.15) is 0 Å². The standard InChI is InChI=1S/C20H24N2O6/c1-4-27-18-8-6-14(12-19(18)28-5-2)10-11-21-20(23)16-13-15(22(24)25)7-9-17(16)26-3/h6-9,12-13H,4-5,10-11H2,1-3H3,(H,21,23). The third-order valence-electron chi connectivity index (χ3n) is 3.95. The molecule has 28 heavy (non-hydrogen) atoms. The van der Waals surface area contributed by atoms with Crippen molar-refractivity contribution in [3.63, 3.8) is 0 Å². The number of rotatable bonds is 10. The molecule has 1 N–H and O–H groups in total. The van der Waals surface area contributed by atoms with Crippen molar-refractivity contribution in [1.29, 1.82) is 0 Å². The Morgan fingerprint density at radius 1 is 1.04 bits per heavy atom. The van der Waals surface area contributed by atoms with Crippen LogP contribution >= 0.6 is 0 Å². The first-order chi connectivity index (χ1) is 13.5. The molecule has 2 aromatic rings. The summed E-state index contributed by atoms with van der Waals surface area (Å²) in [5.74, 6) is 1.19. The van der Waals surface area contributed by atoms with Crippen LogP contribution in [0.3, 0.4) is 0 Å². The highest BCUT2D eigenvalue weighted by molar-refractivity contribution is 5.97. The molecule has 1 amide bonds. The minimum atomic E-state index is -0.550. The number of carbonyl (C=O) groups is 1. The lowest BCUT2D eigenvalue weighted by Gasteiger charge is -2.13. The van der Waals surface area contributed by atoms with E-state index in [0.29, 0.717) is 37.7 Å². The van der Waals surface area contributed by atoms with E-state index in [2.05, 4.69) is 5.32 Å². The normalized spacial score (nSPS) is 10.2. The van der Waals surface area contributed by atoms with E-state index in [9.17, 15) is 14.9 Å². The molecule has 0 aliphatic heterocycles. The molecule has 0 bridgehead atoms. The highest BCUT2D eigenvalue weighted by Crippen LogP contribution is 2.29. The predicted molar refractivity (Wildman–Crippen MR) is 104 cm³/mol. The Bertz CT molecular complexity index is 837. The van der Waals surface area contributed by atoms with Gasteiger partial charge in [-0.05, 0) is 44.0 Å². The average Bonchev–Trinajstić information content (AvgIpc) is 2.69. The molecule has 0 radical (unpaired) electrons. The fourth-order valence-corrected chi connectivity index (χ4v) is 2.65. The number of ether oxygens (including phenoxy) is 3. The monoisotopic (exact) mass is 388 g/mol. The first kappa shape index (κ1) is 21.0. The number of nitro benzene ring substituents is 1. The number of nitrogens with zero attached hydrogens (tertiary/aromatic N) is 1. The topological polar surface area (TPSA) is 99.9 Å². The van der Waals surface area contributed by atoms with Gasteiger partial charge in [0.05, 0.1) is 30.8 Å². The molecular formula is C20H24N2O6. The van der Waals surface area contributed by atoms with Gasteiger partial charge in [-0.25, -0.2) is 0 Å². The van der Waals surface area contributed by atoms with Gasteiger partial charge in [-0.15, -0.1) is 0 Å². The van der Waals surface area contributed by atoms with Crippen LogP contribution in [0.4, 0.5) is 5.69 Å². The van der Waals surface area contributed by atoms with Crippen LogP contribution < -0.4 is 19.5 Å². The maximum Gasteiger partial charge on any atom is 0.270 e. The lowest BCUT2D eigenvalue weighted by atomic mass is 10.1. The number of benzene rings is 2. The van der Waals surface area contributed by atoms with E-state index in [4.69, 9.17) is 14.2 Å². The van der Waals surface area contributed by atoms with Crippen molar-refractivity contribution in [3.8, 4) is 17.2 Å². The molecule has 0 aliphatic carbocycles. The van der Waals surface area contributed by atoms with Crippen molar-refractivity contribution in [2.45, 2.75) is 20.3 Å². The molecule has 150 valence electrons. The van der Waals surface area contributed by atoms with Crippen molar-refractivity contribution in [2.24, 2.45) is 0 Å². The average molecular weight is 388 g/mol. The molecule has 2 rings (SSSR count). The van der Waals surface area contributed by atoms with Gasteiger partial charge in [0.1, 0.15) is 5.75 Å². The second-order valence-corrected chi connectivity index (χ2v) is 5.79. The lowest BCUT2D eigenvalue weighted by Crippen LogP contribution is -2.26. The summed E-state index contributed by atoms with van der Waals surface area (Å²) in [5, 5.41) is 13.7. The van der Waals surface area contributed by atoms with Crippen LogP contribution in [-0.4, -0.2) is 37.7 Å². The van der Waals surface area contributed by atoms with Crippen LogP contribution in [0, 0.1) is 10.1 Å². The Morgan fingerprint density at radius 2 is 1.71 bits per heavy atom. The summed E-state index contributed by atoms with van der Waals surface area (Å²) in [5.41, 5.74) is 0.926. The van der Waals surface area contributed by atoms with E-state index in [1.54, 1.807) is 0 Å². The van der Waals surface area contributed by atoms with Crippen LogP contribution in [0.1, 0.15) is 29.8 Å². The highest BCUT2D eigenvalue weighted by atomic mass is 16.6. The van der Waals surface area contributed by atoms with E-state index < -0.39 is 10.8 Å². The number of methoxy groups -OCH3 is 1. The fraction of sp³-hybridized carbons (Fsp3) is 0.350. The van der Waals surface area contributed by atoms with Crippen LogP contribution in [0.2, 0.25) is 0 Å². The van der Waals surface area contributed by atoms with Crippen LogP contribution in [0.15, 0.2) is 36.4 Å². The molecule has 2 aromatic carbocycles. The first-order valence-electron chi connectivity index (χ1n) is 8.99. The Morgan fingerprint density at radius 3 is 2.36 bits per heavy atom. The molecule has 0 aromatic heterocycles. The van der Waals surface area contributed by atoms with Gasteiger partial charge in [0.15, 0.2) is 11.5 Å². The summed E-state index contributed by atoms with van der Waals surface area (Å²) in [4.78, 5) is 22.8. The summed E-state index contributed by atoms with van der Waals surface area (Å²) in [6.45, 7) is 5.22. The number of carbonyl (C=O) groups excluding carboxylic acids is 1. The SMILES string of the molecule is CCOc1ccc(CCNC(=O)c2cc([N+](=O)[O-])ccc2OC)cc1OCC. The lowest BCUT2D eigenvalue weighted by molar-refractivity contribution is -0.384. The molecule has 0 aliphatic rings. The molecule has 0 atom stereocenters. The molecule has 0 saturated carbocycles. The van der Waals surface area contributed by atoms with Crippen molar-refractivity contribution in [2.75, 3.05) is 26.9 Å². The molecule has 0 fully saturated rings. The first-order valence-corrected chi connectivity index (χ1v) is 8.99. The van der Waals surface area contributed by atoms with Gasteiger partial charge in [0.25, 0.3) is 11.6 Å². The third-order valence-corrected chi connectivity index (χ3v) is 3.95. The number of nitrogens with one attached hydrogen (secondary N) is 1. The quantitative estimate of drug-likeness (QED) is 0.495. The predicted octanol–water partition coefficient (Wildman–Crippen LogP) is 3.37. The highest BCUT2D eigenvalue weighted by Gasteiger charge is 2.17. The van der Waals surface area contributed by atoms with E-state index in [1.807, 2.05) is 32.0 Å². The van der Waals surface area contributed by atoms with Crippen molar-refractivity contribution < 1.29 is 23.9 Å². The molecule has 0 heterocycles. The largest absolute Gasteiger partial charge is 0.496 e. The summed E-state index contributed by atoms with van der Waals surface area (Å²) < 4.78 is 16.3. The summed E-state index contributed by atoms with van der Waals surface area (Å²) in [6, 6.07) is 9.55. The zero-order valence-corrected chi connectivity index (χ0v) is 16.2. The number of hydrogen-bond donors (Lipinski definition) is 1. The second kappa shape index (κ2) is 10.1.